The van der Waals surface area contributed by atoms with Crippen molar-refractivity contribution in [2.45, 2.75) is 60.0 Å². The van der Waals surface area contributed by atoms with Crippen molar-refractivity contribution in [3.8, 4) is 0 Å². The Balaban J connectivity index is 1.56. The summed E-state index contributed by atoms with van der Waals surface area (Å²) < 4.78 is 2.01. The SMILES string of the molecule is Cc1ccc(Cn2nc(C)c(/C=C/C(=O)NCC(C)N3CCCC(C)C3)c2C)cc1. The summed E-state index contributed by atoms with van der Waals surface area (Å²) in [7, 11) is 0. The van der Waals surface area contributed by atoms with Crippen LogP contribution in [0.2, 0.25) is 0 Å². The maximum Gasteiger partial charge on any atom is 0.244 e. The second-order valence-electron chi connectivity index (χ2n) is 8.90. The first kappa shape index (κ1) is 22.3. The number of nitrogens with one attached hydrogen (secondary N) is 1. The average Bonchev–Trinajstić information content (AvgIpc) is 2.99. The molecule has 0 aliphatic carbocycles. The van der Waals surface area contributed by atoms with Gasteiger partial charge in [0.05, 0.1) is 12.2 Å². The molecule has 0 spiro atoms. The van der Waals surface area contributed by atoms with Gasteiger partial charge in [0, 0.05) is 36.5 Å². The highest BCUT2D eigenvalue weighted by atomic mass is 16.1. The fraction of sp³-hybridized carbons (Fsp3) is 0.520. The average molecular weight is 409 g/mol. The lowest BCUT2D eigenvalue weighted by Gasteiger charge is -2.35. The zero-order valence-electron chi connectivity index (χ0n) is 19.1. The number of rotatable bonds is 7. The van der Waals surface area contributed by atoms with Gasteiger partial charge in [0.2, 0.25) is 5.91 Å². The van der Waals surface area contributed by atoms with E-state index in [0.717, 1.165) is 42.5 Å². The molecule has 1 aliphatic rings. The molecule has 162 valence electrons. The van der Waals surface area contributed by atoms with Crippen molar-refractivity contribution < 1.29 is 4.79 Å². The minimum Gasteiger partial charge on any atom is -0.351 e. The van der Waals surface area contributed by atoms with E-state index in [-0.39, 0.29) is 5.91 Å². The van der Waals surface area contributed by atoms with E-state index in [1.54, 1.807) is 6.08 Å². The predicted molar refractivity (Wildman–Crippen MR) is 123 cm³/mol. The van der Waals surface area contributed by atoms with E-state index in [1.165, 1.54) is 24.0 Å². The molecule has 1 fully saturated rings. The molecule has 1 aromatic heterocycles. The van der Waals surface area contributed by atoms with Gasteiger partial charge in [0.1, 0.15) is 0 Å². The van der Waals surface area contributed by atoms with Crippen LogP contribution in [0.15, 0.2) is 30.3 Å². The Hall–Kier alpha value is -2.40. The zero-order chi connectivity index (χ0) is 21.7. The van der Waals surface area contributed by atoms with Crippen molar-refractivity contribution in [2.24, 2.45) is 5.92 Å². The molecule has 5 nitrogen and oxygen atoms in total. The first-order valence-corrected chi connectivity index (χ1v) is 11.1. The summed E-state index contributed by atoms with van der Waals surface area (Å²) in [5.41, 5.74) is 5.52. The summed E-state index contributed by atoms with van der Waals surface area (Å²) in [6.45, 7) is 14.3. The lowest BCUT2D eigenvalue weighted by molar-refractivity contribution is -0.116. The van der Waals surface area contributed by atoms with Gasteiger partial charge < -0.3 is 5.32 Å². The van der Waals surface area contributed by atoms with Crippen LogP contribution in [0.3, 0.4) is 0 Å². The highest BCUT2D eigenvalue weighted by Crippen LogP contribution is 2.18. The van der Waals surface area contributed by atoms with Gasteiger partial charge in [0.15, 0.2) is 0 Å². The summed E-state index contributed by atoms with van der Waals surface area (Å²) >= 11 is 0. The van der Waals surface area contributed by atoms with E-state index in [1.807, 2.05) is 17.7 Å². The van der Waals surface area contributed by atoms with Crippen LogP contribution in [0.5, 0.6) is 0 Å². The van der Waals surface area contributed by atoms with Gasteiger partial charge in [-0.05, 0) is 64.6 Å². The van der Waals surface area contributed by atoms with Gasteiger partial charge in [-0.1, -0.05) is 36.8 Å². The highest BCUT2D eigenvalue weighted by Gasteiger charge is 2.20. The number of carbonyl (C=O) groups is 1. The van der Waals surface area contributed by atoms with E-state index >= 15 is 0 Å². The smallest absolute Gasteiger partial charge is 0.244 e. The molecule has 3 rings (SSSR count). The number of hydrogen-bond acceptors (Lipinski definition) is 3. The van der Waals surface area contributed by atoms with Crippen LogP contribution in [0.4, 0.5) is 0 Å². The Morgan fingerprint density at radius 3 is 2.70 bits per heavy atom. The summed E-state index contributed by atoms with van der Waals surface area (Å²) in [6.07, 6.45) is 6.10. The van der Waals surface area contributed by atoms with Crippen LogP contribution >= 0.6 is 0 Å². The molecule has 2 unspecified atom stereocenters. The van der Waals surface area contributed by atoms with Crippen molar-refractivity contribution in [3.63, 3.8) is 0 Å². The predicted octanol–water partition coefficient (Wildman–Crippen LogP) is 4.11. The van der Waals surface area contributed by atoms with E-state index < -0.39 is 0 Å². The number of amides is 1. The van der Waals surface area contributed by atoms with Crippen molar-refractivity contribution in [2.75, 3.05) is 19.6 Å². The maximum absolute atomic E-state index is 12.4. The van der Waals surface area contributed by atoms with Crippen molar-refractivity contribution in [1.82, 2.24) is 20.0 Å². The number of likely N-dealkylation sites (tertiary alicyclic amines) is 1. The topological polar surface area (TPSA) is 50.2 Å². The second kappa shape index (κ2) is 10.1. The first-order valence-electron chi connectivity index (χ1n) is 11.1. The number of carbonyl (C=O) groups excluding carboxylic acids is 1. The molecule has 1 N–H and O–H groups in total. The fourth-order valence-corrected chi connectivity index (χ4v) is 4.19. The van der Waals surface area contributed by atoms with E-state index in [0.29, 0.717) is 12.6 Å². The summed E-state index contributed by atoms with van der Waals surface area (Å²) in [5, 5.41) is 7.74. The Morgan fingerprint density at radius 1 is 1.27 bits per heavy atom. The van der Waals surface area contributed by atoms with Crippen LogP contribution in [-0.2, 0) is 11.3 Å². The van der Waals surface area contributed by atoms with Crippen LogP contribution in [0.25, 0.3) is 6.08 Å². The van der Waals surface area contributed by atoms with E-state index in [2.05, 4.69) is 67.3 Å². The molecule has 1 aliphatic heterocycles. The Bertz CT molecular complexity index is 881. The minimum atomic E-state index is -0.0445. The number of aryl methyl sites for hydroxylation is 2. The number of hydrogen-bond donors (Lipinski definition) is 1. The Morgan fingerprint density at radius 2 is 2.00 bits per heavy atom. The molecule has 1 saturated heterocycles. The lowest BCUT2D eigenvalue weighted by atomic mass is 9.99. The molecule has 1 amide bonds. The zero-order valence-corrected chi connectivity index (χ0v) is 19.1. The number of benzene rings is 1. The van der Waals surface area contributed by atoms with Gasteiger partial charge in [-0.2, -0.15) is 5.10 Å². The molecule has 2 heterocycles. The quantitative estimate of drug-likeness (QED) is 0.702. The number of aromatic nitrogens is 2. The van der Waals surface area contributed by atoms with Crippen LogP contribution < -0.4 is 5.32 Å². The van der Waals surface area contributed by atoms with Gasteiger partial charge in [0.25, 0.3) is 0 Å². The third kappa shape index (κ3) is 5.82. The van der Waals surface area contributed by atoms with Crippen LogP contribution in [0, 0.1) is 26.7 Å². The molecule has 0 bridgehead atoms. The summed E-state index contributed by atoms with van der Waals surface area (Å²) in [6, 6.07) is 8.89. The third-order valence-electron chi connectivity index (χ3n) is 6.18. The molecule has 2 atom stereocenters. The minimum absolute atomic E-state index is 0.0445. The van der Waals surface area contributed by atoms with Crippen molar-refractivity contribution in [3.05, 3.63) is 58.4 Å². The molecule has 1 aromatic carbocycles. The highest BCUT2D eigenvalue weighted by molar-refractivity contribution is 5.92. The first-order chi connectivity index (χ1) is 14.3. The maximum atomic E-state index is 12.4. The third-order valence-corrected chi connectivity index (χ3v) is 6.18. The largest absolute Gasteiger partial charge is 0.351 e. The number of nitrogens with zero attached hydrogens (tertiary/aromatic N) is 3. The van der Waals surface area contributed by atoms with Crippen LogP contribution in [0.1, 0.15) is 54.8 Å². The normalized spacial score (nSPS) is 18.6. The van der Waals surface area contributed by atoms with Gasteiger partial charge in [-0.25, -0.2) is 0 Å². The summed E-state index contributed by atoms with van der Waals surface area (Å²) in [4.78, 5) is 14.9. The standard InChI is InChI=1S/C25H36N4O/c1-18-8-10-23(11-9-18)17-29-22(5)24(21(4)27-29)12-13-25(30)26-15-20(3)28-14-6-7-19(2)16-28/h8-13,19-20H,6-7,14-17H2,1-5H3,(H,26,30)/b13-12+. The molecular formula is C25H36N4O. The second-order valence-corrected chi connectivity index (χ2v) is 8.90. The summed E-state index contributed by atoms with van der Waals surface area (Å²) in [5.74, 6) is 0.705. The molecule has 2 aromatic rings. The molecule has 0 radical (unpaired) electrons. The van der Waals surface area contributed by atoms with Crippen molar-refractivity contribution >= 4 is 12.0 Å². The Kier molecular flexibility index (Phi) is 7.48. The molecule has 5 heteroatoms. The number of piperidine rings is 1. The lowest BCUT2D eigenvalue weighted by Crippen LogP contribution is -2.46. The molecule has 0 saturated carbocycles. The van der Waals surface area contributed by atoms with E-state index in [4.69, 9.17) is 0 Å². The van der Waals surface area contributed by atoms with Crippen molar-refractivity contribution in [1.29, 1.82) is 0 Å². The van der Waals surface area contributed by atoms with Gasteiger partial charge in [-0.3, -0.25) is 14.4 Å². The van der Waals surface area contributed by atoms with E-state index in [9.17, 15) is 4.79 Å². The molecular weight excluding hydrogens is 372 g/mol. The monoisotopic (exact) mass is 408 g/mol. The van der Waals surface area contributed by atoms with Gasteiger partial charge >= 0.3 is 0 Å². The molecule has 30 heavy (non-hydrogen) atoms. The Labute approximate surface area is 181 Å². The van der Waals surface area contributed by atoms with Crippen LogP contribution in [-0.4, -0.2) is 46.3 Å². The van der Waals surface area contributed by atoms with Gasteiger partial charge in [-0.15, -0.1) is 0 Å². The fourth-order valence-electron chi connectivity index (χ4n) is 4.19.